The fourth-order valence-corrected chi connectivity index (χ4v) is 2.38. The molecule has 0 bridgehead atoms. The molecule has 0 unspecified atom stereocenters. The van der Waals surface area contributed by atoms with E-state index in [2.05, 4.69) is 0 Å². The van der Waals surface area contributed by atoms with E-state index in [9.17, 15) is 19.8 Å². The molecule has 0 saturated heterocycles. The maximum atomic E-state index is 10.0. The second kappa shape index (κ2) is 13.0. The minimum atomic E-state index is -1.30. The van der Waals surface area contributed by atoms with Gasteiger partial charge in [-0.15, -0.1) is 0 Å². The van der Waals surface area contributed by atoms with Crippen LogP contribution in [0.4, 0.5) is 0 Å². The number of carbonyl (C=O) groups excluding carboxylic acids is 2. The molecule has 0 amide bonds. The fraction of sp³-hybridized carbons (Fsp3) is 0.125. The van der Waals surface area contributed by atoms with Crippen molar-refractivity contribution in [1.29, 1.82) is 0 Å². The summed E-state index contributed by atoms with van der Waals surface area (Å²) in [5.41, 5.74) is 0. The first-order chi connectivity index (χ1) is 12.2. The maximum Gasteiger partial charge on any atom is 2.00 e. The fourth-order valence-electron chi connectivity index (χ4n) is 1.46. The van der Waals surface area contributed by atoms with Crippen molar-refractivity contribution in [3.8, 4) is 11.5 Å². The SMILES string of the molecule is O=C([O-])COc1ccc(Cl)cc1Cl.O=C([O-])COc1ccc(Cl)cc1Cl.[Zn+2]. The summed E-state index contributed by atoms with van der Waals surface area (Å²) in [7, 11) is 0. The average molecular weight is 505 g/mol. The normalized spacial score (nSPS) is 9.33. The van der Waals surface area contributed by atoms with Crippen LogP contribution in [0.15, 0.2) is 36.4 Å². The topological polar surface area (TPSA) is 98.7 Å². The molecule has 2 aromatic carbocycles. The third-order valence-electron chi connectivity index (χ3n) is 2.48. The largest absolute Gasteiger partial charge is 2.00 e. The molecule has 0 N–H and O–H groups in total. The third kappa shape index (κ3) is 10.6. The maximum absolute atomic E-state index is 10.0. The van der Waals surface area contributed by atoms with Crippen LogP contribution in [0.25, 0.3) is 0 Å². The number of hydrogen-bond acceptors (Lipinski definition) is 6. The molecule has 0 aliphatic carbocycles. The molecule has 0 spiro atoms. The predicted molar refractivity (Wildman–Crippen MR) is 93.9 cm³/mol. The van der Waals surface area contributed by atoms with Gasteiger partial charge in [0.15, 0.2) is 0 Å². The Kier molecular flexibility index (Phi) is 12.4. The zero-order valence-corrected chi connectivity index (χ0v) is 19.5. The number of hydrogen-bond donors (Lipinski definition) is 0. The van der Waals surface area contributed by atoms with E-state index in [1.54, 1.807) is 12.1 Å². The van der Waals surface area contributed by atoms with Crippen LogP contribution in [-0.4, -0.2) is 25.2 Å². The summed E-state index contributed by atoms with van der Waals surface area (Å²) in [5, 5.41) is 21.6. The molecule has 0 radical (unpaired) electrons. The molecule has 6 nitrogen and oxygen atoms in total. The van der Waals surface area contributed by atoms with Crippen molar-refractivity contribution in [2.24, 2.45) is 0 Å². The van der Waals surface area contributed by atoms with Crippen molar-refractivity contribution in [2.45, 2.75) is 0 Å². The number of halogens is 4. The molecule has 0 aromatic heterocycles. The minimum Gasteiger partial charge on any atom is -0.546 e. The predicted octanol–water partition coefficient (Wildman–Crippen LogP) is 2.24. The van der Waals surface area contributed by atoms with E-state index < -0.39 is 25.2 Å². The monoisotopic (exact) mass is 502 g/mol. The van der Waals surface area contributed by atoms with Gasteiger partial charge in [-0.3, -0.25) is 0 Å². The zero-order chi connectivity index (χ0) is 19.7. The Bertz CT molecular complexity index is 722. The Morgan fingerprint density at radius 2 is 1.07 bits per heavy atom. The third-order valence-corrected chi connectivity index (χ3v) is 3.54. The molecule has 0 aliphatic heterocycles. The van der Waals surface area contributed by atoms with Crippen molar-refractivity contribution in [3.05, 3.63) is 56.5 Å². The van der Waals surface area contributed by atoms with Gasteiger partial charge in [0.25, 0.3) is 0 Å². The zero-order valence-electron chi connectivity index (χ0n) is 13.5. The van der Waals surface area contributed by atoms with Gasteiger partial charge in [0.05, 0.1) is 22.0 Å². The molecular weight excluding hydrogens is 495 g/mol. The molecule has 2 aromatic rings. The van der Waals surface area contributed by atoms with Gasteiger partial charge in [0.1, 0.15) is 24.7 Å². The Hall–Kier alpha value is -1.24. The standard InChI is InChI=1S/2C8H6Cl2O3.Zn/c2*9-5-1-2-7(6(10)3-5)13-4-8(11)12;/h2*1-3H,4H2,(H,11,12);/q;;+2/p-2. The smallest absolute Gasteiger partial charge is 0.546 e. The molecule has 140 valence electrons. The van der Waals surface area contributed by atoms with E-state index >= 15 is 0 Å². The van der Waals surface area contributed by atoms with Crippen LogP contribution < -0.4 is 19.7 Å². The van der Waals surface area contributed by atoms with Crippen LogP contribution in [0.2, 0.25) is 20.1 Å². The minimum absolute atomic E-state index is 0. The van der Waals surface area contributed by atoms with Crippen molar-refractivity contribution >= 4 is 58.3 Å². The van der Waals surface area contributed by atoms with Crippen LogP contribution in [0.1, 0.15) is 0 Å². The Morgan fingerprint density at radius 1 is 0.741 bits per heavy atom. The molecule has 2 rings (SSSR count). The number of carboxylic acid groups (broad SMARTS) is 2. The number of carboxylic acids is 2. The molecule has 0 aliphatic rings. The van der Waals surface area contributed by atoms with Crippen LogP contribution in [-0.2, 0) is 29.1 Å². The van der Waals surface area contributed by atoms with E-state index in [-0.39, 0.29) is 41.0 Å². The van der Waals surface area contributed by atoms with E-state index in [1.165, 1.54) is 24.3 Å². The van der Waals surface area contributed by atoms with E-state index in [1.807, 2.05) is 0 Å². The summed E-state index contributed by atoms with van der Waals surface area (Å²) in [6, 6.07) is 9.03. The first-order valence-corrected chi connectivity index (χ1v) is 8.25. The van der Waals surface area contributed by atoms with Gasteiger partial charge >= 0.3 is 19.5 Å². The number of rotatable bonds is 6. The first kappa shape index (κ1) is 25.8. The van der Waals surface area contributed by atoms with Crippen molar-refractivity contribution in [1.82, 2.24) is 0 Å². The number of carbonyl (C=O) groups is 2. The van der Waals surface area contributed by atoms with Crippen molar-refractivity contribution < 1.29 is 48.8 Å². The number of aliphatic carboxylic acids is 2. The molecule has 27 heavy (non-hydrogen) atoms. The second-order valence-electron chi connectivity index (χ2n) is 4.47. The van der Waals surface area contributed by atoms with Gasteiger partial charge in [0, 0.05) is 10.0 Å². The first-order valence-electron chi connectivity index (χ1n) is 6.74. The van der Waals surface area contributed by atoms with Crippen molar-refractivity contribution in [2.75, 3.05) is 13.2 Å². The summed E-state index contributed by atoms with van der Waals surface area (Å²) in [5.74, 6) is -2.05. The summed E-state index contributed by atoms with van der Waals surface area (Å²) in [4.78, 5) is 20.1. The van der Waals surface area contributed by atoms with Gasteiger partial charge in [-0.2, -0.15) is 0 Å². The Labute approximate surface area is 187 Å². The summed E-state index contributed by atoms with van der Waals surface area (Å²) >= 11 is 22.6. The average Bonchev–Trinajstić information content (AvgIpc) is 2.53. The Balaban J connectivity index is 0.000000483. The molecule has 0 atom stereocenters. The summed E-state index contributed by atoms with van der Waals surface area (Å²) in [6.07, 6.45) is 0. The molecule has 0 heterocycles. The summed E-state index contributed by atoms with van der Waals surface area (Å²) in [6.45, 7) is -1.05. The Morgan fingerprint density at radius 3 is 1.33 bits per heavy atom. The van der Waals surface area contributed by atoms with E-state index in [0.717, 1.165) is 0 Å². The van der Waals surface area contributed by atoms with Crippen LogP contribution in [0.3, 0.4) is 0 Å². The van der Waals surface area contributed by atoms with Crippen LogP contribution in [0.5, 0.6) is 11.5 Å². The van der Waals surface area contributed by atoms with Gasteiger partial charge in [-0.1, -0.05) is 46.4 Å². The molecular formula is C16H10Cl4O6Zn. The van der Waals surface area contributed by atoms with Gasteiger partial charge < -0.3 is 29.3 Å². The van der Waals surface area contributed by atoms with Crippen molar-refractivity contribution in [3.63, 3.8) is 0 Å². The van der Waals surface area contributed by atoms with Gasteiger partial charge in [0.2, 0.25) is 0 Å². The number of benzene rings is 2. The number of ether oxygens (including phenoxy) is 2. The second-order valence-corrected chi connectivity index (χ2v) is 6.16. The molecule has 11 heteroatoms. The van der Waals surface area contributed by atoms with Gasteiger partial charge in [-0.05, 0) is 36.4 Å². The molecule has 0 fully saturated rings. The summed E-state index contributed by atoms with van der Waals surface area (Å²) < 4.78 is 9.60. The van der Waals surface area contributed by atoms with E-state index in [0.29, 0.717) is 10.0 Å². The molecule has 0 saturated carbocycles. The quantitative estimate of drug-likeness (QED) is 0.559. The van der Waals surface area contributed by atoms with Crippen LogP contribution in [0, 0.1) is 0 Å². The van der Waals surface area contributed by atoms with E-state index in [4.69, 9.17) is 55.9 Å². The van der Waals surface area contributed by atoms with Crippen LogP contribution >= 0.6 is 46.4 Å². The van der Waals surface area contributed by atoms with Gasteiger partial charge in [-0.25, -0.2) is 0 Å².